The molecule has 14 heavy (non-hydrogen) atoms. The van der Waals surface area contributed by atoms with Crippen LogP contribution in [0, 0.1) is 0 Å². The van der Waals surface area contributed by atoms with Gasteiger partial charge in [-0.15, -0.1) is 0 Å². The van der Waals surface area contributed by atoms with Crippen molar-refractivity contribution in [3.8, 4) is 0 Å². The lowest BCUT2D eigenvalue weighted by molar-refractivity contribution is -0.141. The van der Waals surface area contributed by atoms with Crippen LogP contribution in [0.1, 0.15) is 6.92 Å². The second-order valence-electron chi connectivity index (χ2n) is 2.73. The number of carboxylic acids is 1. The van der Waals surface area contributed by atoms with Crippen molar-refractivity contribution in [1.82, 2.24) is 4.90 Å². The number of carbonyl (C=O) groups is 2. The Morgan fingerprint density at radius 3 is 2.43 bits per heavy atom. The Labute approximate surface area is 82.1 Å². The molecular formula is C8H15NO5. The van der Waals surface area contributed by atoms with Crippen molar-refractivity contribution in [1.29, 1.82) is 0 Å². The summed E-state index contributed by atoms with van der Waals surface area (Å²) in [4.78, 5) is 22.2. The van der Waals surface area contributed by atoms with Crippen molar-refractivity contribution in [2.75, 3.05) is 32.8 Å². The minimum absolute atomic E-state index is 0.118. The lowest BCUT2D eigenvalue weighted by Gasteiger charge is -2.18. The monoisotopic (exact) mass is 205 g/mol. The summed E-state index contributed by atoms with van der Waals surface area (Å²) in [6.07, 6.45) is 0. The number of esters is 1. The number of aliphatic hydroxyl groups excluding tert-OH is 1. The van der Waals surface area contributed by atoms with Crippen LogP contribution in [0.2, 0.25) is 0 Å². The second kappa shape index (κ2) is 7.28. The van der Waals surface area contributed by atoms with Crippen LogP contribution in [0.5, 0.6) is 0 Å². The Balaban J connectivity index is 3.72. The first-order chi connectivity index (χ1) is 6.56. The molecule has 2 N–H and O–H groups in total. The van der Waals surface area contributed by atoms with Gasteiger partial charge in [-0.05, 0) is 0 Å². The van der Waals surface area contributed by atoms with Gasteiger partial charge in [-0.25, -0.2) is 0 Å². The van der Waals surface area contributed by atoms with Gasteiger partial charge in [-0.3, -0.25) is 14.5 Å². The van der Waals surface area contributed by atoms with E-state index in [-0.39, 0.29) is 26.3 Å². The van der Waals surface area contributed by atoms with Gasteiger partial charge in [0.2, 0.25) is 0 Å². The van der Waals surface area contributed by atoms with Crippen LogP contribution >= 0.6 is 0 Å². The highest BCUT2D eigenvalue weighted by molar-refractivity contribution is 5.69. The lowest BCUT2D eigenvalue weighted by atomic mass is 10.4. The molecule has 6 heteroatoms. The predicted molar refractivity (Wildman–Crippen MR) is 47.8 cm³/mol. The number of hydrogen-bond donors (Lipinski definition) is 2. The quantitative estimate of drug-likeness (QED) is 0.514. The molecule has 0 saturated heterocycles. The highest BCUT2D eigenvalue weighted by Gasteiger charge is 2.08. The van der Waals surface area contributed by atoms with Gasteiger partial charge in [0.25, 0.3) is 0 Å². The third kappa shape index (κ3) is 7.51. The summed E-state index contributed by atoms with van der Waals surface area (Å²) >= 11 is 0. The zero-order valence-corrected chi connectivity index (χ0v) is 8.10. The van der Waals surface area contributed by atoms with E-state index in [1.165, 1.54) is 11.8 Å². The number of aliphatic hydroxyl groups is 1. The van der Waals surface area contributed by atoms with Crippen molar-refractivity contribution in [3.63, 3.8) is 0 Å². The minimum Gasteiger partial charge on any atom is -0.480 e. The molecule has 0 aromatic rings. The van der Waals surface area contributed by atoms with Gasteiger partial charge in [0.15, 0.2) is 0 Å². The maximum Gasteiger partial charge on any atom is 0.317 e. The summed E-state index contributed by atoms with van der Waals surface area (Å²) in [5.74, 6) is -1.37. The average molecular weight is 205 g/mol. The summed E-state index contributed by atoms with van der Waals surface area (Å²) in [6.45, 7) is 1.71. The van der Waals surface area contributed by atoms with Crippen molar-refractivity contribution in [2.24, 2.45) is 0 Å². The number of carbonyl (C=O) groups excluding carboxylic acids is 1. The zero-order valence-electron chi connectivity index (χ0n) is 8.10. The fourth-order valence-corrected chi connectivity index (χ4v) is 0.921. The average Bonchev–Trinajstić information content (AvgIpc) is 2.02. The SMILES string of the molecule is CC(=O)OCCN(CCO)CC(=O)O. The molecule has 0 radical (unpaired) electrons. The minimum atomic E-state index is -0.971. The van der Waals surface area contributed by atoms with Crippen molar-refractivity contribution in [3.05, 3.63) is 0 Å². The van der Waals surface area contributed by atoms with Crippen LogP contribution in [0.15, 0.2) is 0 Å². The maximum absolute atomic E-state index is 10.4. The van der Waals surface area contributed by atoms with Crippen LogP contribution in [-0.2, 0) is 14.3 Å². The molecule has 0 atom stereocenters. The third-order valence-corrected chi connectivity index (χ3v) is 1.49. The van der Waals surface area contributed by atoms with Crippen molar-refractivity contribution >= 4 is 11.9 Å². The second-order valence-corrected chi connectivity index (χ2v) is 2.73. The van der Waals surface area contributed by atoms with E-state index in [9.17, 15) is 9.59 Å². The molecule has 0 heterocycles. The van der Waals surface area contributed by atoms with Gasteiger partial charge < -0.3 is 14.9 Å². The van der Waals surface area contributed by atoms with E-state index in [0.29, 0.717) is 6.54 Å². The molecule has 0 rings (SSSR count). The number of rotatable bonds is 7. The van der Waals surface area contributed by atoms with Gasteiger partial charge in [-0.1, -0.05) is 0 Å². The van der Waals surface area contributed by atoms with Crippen molar-refractivity contribution in [2.45, 2.75) is 6.92 Å². The molecule has 0 aliphatic rings. The molecule has 82 valence electrons. The number of ether oxygens (including phenoxy) is 1. The van der Waals surface area contributed by atoms with E-state index in [4.69, 9.17) is 10.2 Å². The van der Waals surface area contributed by atoms with E-state index in [0.717, 1.165) is 0 Å². The highest BCUT2D eigenvalue weighted by atomic mass is 16.5. The molecule has 0 bridgehead atoms. The number of hydrogen-bond acceptors (Lipinski definition) is 5. The molecule has 6 nitrogen and oxygen atoms in total. The van der Waals surface area contributed by atoms with Gasteiger partial charge in [0.05, 0.1) is 13.2 Å². The Bertz CT molecular complexity index is 194. The first kappa shape index (κ1) is 12.9. The molecule has 0 aromatic carbocycles. The summed E-state index contributed by atoms with van der Waals surface area (Å²) in [5, 5.41) is 17.1. The predicted octanol–water partition coefficient (Wildman–Crippen LogP) is -1.07. The topological polar surface area (TPSA) is 87.1 Å². The fraction of sp³-hybridized carbons (Fsp3) is 0.750. The van der Waals surface area contributed by atoms with Gasteiger partial charge >= 0.3 is 11.9 Å². The summed E-state index contributed by atoms with van der Waals surface area (Å²) in [5.41, 5.74) is 0. The first-order valence-electron chi connectivity index (χ1n) is 4.24. The van der Waals surface area contributed by atoms with Crippen LogP contribution < -0.4 is 0 Å². The third-order valence-electron chi connectivity index (χ3n) is 1.49. The van der Waals surface area contributed by atoms with Gasteiger partial charge in [-0.2, -0.15) is 0 Å². The molecule has 0 unspecified atom stereocenters. The van der Waals surface area contributed by atoms with Gasteiger partial charge in [0, 0.05) is 20.0 Å². The van der Waals surface area contributed by atoms with E-state index in [1.54, 1.807) is 0 Å². The van der Waals surface area contributed by atoms with E-state index < -0.39 is 11.9 Å². The van der Waals surface area contributed by atoms with E-state index in [1.807, 2.05) is 0 Å². The lowest BCUT2D eigenvalue weighted by Crippen LogP contribution is -2.35. The van der Waals surface area contributed by atoms with Crippen LogP contribution in [0.25, 0.3) is 0 Å². The number of nitrogens with zero attached hydrogens (tertiary/aromatic N) is 1. The smallest absolute Gasteiger partial charge is 0.317 e. The standard InChI is InChI=1S/C8H15NO5/c1-7(11)14-5-3-9(2-4-10)6-8(12)13/h10H,2-6H2,1H3,(H,12,13). The Kier molecular flexibility index (Phi) is 6.69. The summed E-state index contributed by atoms with van der Waals surface area (Å²) in [6, 6.07) is 0. The first-order valence-corrected chi connectivity index (χ1v) is 4.24. The largest absolute Gasteiger partial charge is 0.480 e. The fourth-order valence-electron chi connectivity index (χ4n) is 0.921. The Morgan fingerprint density at radius 2 is 2.00 bits per heavy atom. The summed E-state index contributed by atoms with van der Waals surface area (Å²) in [7, 11) is 0. The van der Waals surface area contributed by atoms with Crippen LogP contribution in [-0.4, -0.2) is 59.9 Å². The van der Waals surface area contributed by atoms with Crippen LogP contribution in [0.4, 0.5) is 0 Å². The number of carboxylic acid groups (broad SMARTS) is 1. The van der Waals surface area contributed by atoms with E-state index in [2.05, 4.69) is 4.74 Å². The normalized spacial score (nSPS) is 10.2. The Morgan fingerprint density at radius 1 is 1.36 bits per heavy atom. The molecule has 0 aliphatic carbocycles. The number of aliphatic carboxylic acids is 1. The molecule has 0 amide bonds. The van der Waals surface area contributed by atoms with Crippen molar-refractivity contribution < 1.29 is 24.5 Å². The van der Waals surface area contributed by atoms with Crippen LogP contribution in [0.3, 0.4) is 0 Å². The molecule has 0 fully saturated rings. The molecule has 0 aliphatic heterocycles. The van der Waals surface area contributed by atoms with E-state index >= 15 is 0 Å². The maximum atomic E-state index is 10.4. The van der Waals surface area contributed by atoms with Gasteiger partial charge in [0.1, 0.15) is 6.61 Å². The Hall–Kier alpha value is -1.14. The molecule has 0 aromatic heterocycles. The zero-order chi connectivity index (χ0) is 11.0. The summed E-state index contributed by atoms with van der Waals surface area (Å²) < 4.78 is 4.65. The molecular weight excluding hydrogens is 190 g/mol. The highest BCUT2D eigenvalue weighted by Crippen LogP contribution is 1.88. The molecule has 0 spiro atoms. The molecule has 0 saturated carbocycles.